The van der Waals surface area contributed by atoms with Crippen molar-refractivity contribution in [2.24, 2.45) is 5.92 Å². The van der Waals surface area contributed by atoms with Gasteiger partial charge < -0.3 is 9.84 Å². The smallest absolute Gasteiger partial charge is 0.123 e. The second-order valence-corrected chi connectivity index (χ2v) is 5.72. The summed E-state index contributed by atoms with van der Waals surface area (Å²) >= 11 is 0. The SMILES string of the molecule is COc1ccc(CO)cc1CN(CC(C)C)C(C)C. The van der Waals surface area contributed by atoms with Crippen LogP contribution < -0.4 is 4.74 Å². The zero-order valence-corrected chi connectivity index (χ0v) is 12.8. The fourth-order valence-corrected chi connectivity index (χ4v) is 2.20. The highest BCUT2D eigenvalue weighted by Crippen LogP contribution is 2.23. The van der Waals surface area contributed by atoms with E-state index in [1.165, 1.54) is 0 Å². The van der Waals surface area contributed by atoms with Gasteiger partial charge in [-0.3, -0.25) is 4.90 Å². The van der Waals surface area contributed by atoms with Crippen molar-refractivity contribution in [3.8, 4) is 5.75 Å². The van der Waals surface area contributed by atoms with Gasteiger partial charge in [0.1, 0.15) is 5.75 Å². The van der Waals surface area contributed by atoms with E-state index in [2.05, 4.69) is 32.6 Å². The Morgan fingerprint density at radius 2 is 1.89 bits per heavy atom. The van der Waals surface area contributed by atoms with Gasteiger partial charge in [-0.15, -0.1) is 0 Å². The van der Waals surface area contributed by atoms with Crippen molar-refractivity contribution in [3.05, 3.63) is 29.3 Å². The Bertz CT molecular complexity index is 388. The Labute approximate surface area is 117 Å². The van der Waals surface area contributed by atoms with Crippen LogP contribution in [-0.4, -0.2) is 29.7 Å². The number of benzene rings is 1. The Balaban J connectivity index is 2.93. The number of nitrogens with zero attached hydrogens (tertiary/aromatic N) is 1. The van der Waals surface area contributed by atoms with Crippen LogP contribution in [-0.2, 0) is 13.2 Å². The lowest BCUT2D eigenvalue weighted by Gasteiger charge is -2.29. The molecule has 0 unspecified atom stereocenters. The number of methoxy groups -OCH3 is 1. The lowest BCUT2D eigenvalue weighted by Crippen LogP contribution is -2.33. The third-order valence-electron chi connectivity index (χ3n) is 3.23. The number of ether oxygens (including phenoxy) is 1. The summed E-state index contributed by atoms with van der Waals surface area (Å²) in [6, 6.07) is 6.37. The Hall–Kier alpha value is -1.06. The molecule has 3 heteroatoms. The van der Waals surface area contributed by atoms with Gasteiger partial charge in [0.25, 0.3) is 0 Å². The lowest BCUT2D eigenvalue weighted by atomic mass is 10.1. The Morgan fingerprint density at radius 3 is 2.37 bits per heavy atom. The molecule has 0 aliphatic heterocycles. The summed E-state index contributed by atoms with van der Waals surface area (Å²) in [5.74, 6) is 1.53. The zero-order chi connectivity index (χ0) is 14.4. The average Bonchev–Trinajstić information content (AvgIpc) is 2.37. The van der Waals surface area contributed by atoms with E-state index in [9.17, 15) is 5.11 Å². The van der Waals surface area contributed by atoms with Crippen LogP contribution in [0.15, 0.2) is 18.2 Å². The normalized spacial score (nSPS) is 11.6. The lowest BCUT2D eigenvalue weighted by molar-refractivity contribution is 0.187. The van der Waals surface area contributed by atoms with Crippen LogP contribution >= 0.6 is 0 Å². The molecule has 0 aliphatic rings. The maximum absolute atomic E-state index is 9.26. The van der Waals surface area contributed by atoms with Crippen molar-refractivity contribution >= 4 is 0 Å². The van der Waals surface area contributed by atoms with Gasteiger partial charge in [-0.05, 0) is 37.5 Å². The topological polar surface area (TPSA) is 32.7 Å². The molecule has 3 nitrogen and oxygen atoms in total. The molecule has 0 heterocycles. The zero-order valence-electron chi connectivity index (χ0n) is 12.8. The number of aliphatic hydroxyl groups excluding tert-OH is 1. The maximum atomic E-state index is 9.26. The molecule has 0 fully saturated rings. The molecule has 0 aromatic heterocycles. The summed E-state index contributed by atoms with van der Waals surface area (Å²) in [7, 11) is 1.69. The Kier molecular flexibility index (Phi) is 6.32. The minimum Gasteiger partial charge on any atom is -0.496 e. The second kappa shape index (κ2) is 7.51. The van der Waals surface area contributed by atoms with Crippen molar-refractivity contribution in [2.45, 2.75) is 46.9 Å². The predicted octanol–water partition coefficient (Wildman–Crippen LogP) is 3.05. The average molecular weight is 265 g/mol. The predicted molar refractivity (Wildman–Crippen MR) is 79.3 cm³/mol. The summed E-state index contributed by atoms with van der Waals surface area (Å²) in [5, 5.41) is 9.26. The molecule has 0 spiro atoms. The second-order valence-electron chi connectivity index (χ2n) is 5.72. The number of rotatable bonds is 7. The standard InChI is InChI=1S/C16H27NO2/c1-12(2)9-17(13(3)4)10-15-8-14(11-18)6-7-16(15)19-5/h6-8,12-13,18H,9-11H2,1-5H3. The van der Waals surface area contributed by atoms with Crippen molar-refractivity contribution in [1.82, 2.24) is 4.90 Å². The molecule has 0 saturated heterocycles. The van der Waals surface area contributed by atoms with Crippen molar-refractivity contribution in [2.75, 3.05) is 13.7 Å². The minimum absolute atomic E-state index is 0.0723. The fraction of sp³-hybridized carbons (Fsp3) is 0.625. The number of hydrogen-bond acceptors (Lipinski definition) is 3. The van der Waals surface area contributed by atoms with Crippen molar-refractivity contribution in [1.29, 1.82) is 0 Å². The van der Waals surface area contributed by atoms with E-state index in [4.69, 9.17) is 4.74 Å². The first kappa shape index (κ1) is 16.0. The highest BCUT2D eigenvalue weighted by molar-refractivity contribution is 5.37. The summed E-state index contributed by atoms with van der Waals surface area (Å²) in [4.78, 5) is 2.43. The van der Waals surface area contributed by atoms with Gasteiger partial charge in [-0.1, -0.05) is 19.9 Å². The van der Waals surface area contributed by atoms with Gasteiger partial charge in [0, 0.05) is 24.7 Å². The molecular formula is C16H27NO2. The third-order valence-corrected chi connectivity index (χ3v) is 3.23. The van der Waals surface area contributed by atoms with Crippen molar-refractivity contribution < 1.29 is 9.84 Å². The van der Waals surface area contributed by atoms with Crippen LogP contribution in [0.4, 0.5) is 0 Å². The van der Waals surface area contributed by atoms with Gasteiger partial charge in [-0.2, -0.15) is 0 Å². The van der Waals surface area contributed by atoms with E-state index in [0.717, 1.165) is 30.0 Å². The molecule has 0 aliphatic carbocycles. The van der Waals surface area contributed by atoms with E-state index in [-0.39, 0.29) is 6.61 Å². The largest absolute Gasteiger partial charge is 0.496 e. The van der Waals surface area contributed by atoms with E-state index in [1.54, 1.807) is 7.11 Å². The summed E-state index contributed by atoms with van der Waals surface area (Å²) < 4.78 is 5.42. The summed E-state index contributed by atoms with van der Waals surface area (Å²) in [5.41, 5.74) is 2.08. The van der Waals surface area contributed by atoms with Gasteiger partial charge in [0.15, 0.2) is 0 Å². The van der Waals surface area contributed by atoms with Crippen LogP contribution in [0.25, 0.3) is 0 Å². The molecule has 1 N–H and O–H groups in total. The molecule has 1 rings (SSSR count). The molecular weight excluding hydrogens is 238 g/mol. The minimum atomic E-state index is 0.0723. The maximum Gasteiger partial charge on any atom is 0.123 e. The molecule has 0 atom stereocenters. The van der Waals surface area contributed by atoms with Crippen LogP contribution in [0.5, 0.6) is 5.75 Å². The van der Waals surface area contributed by atoms with E-state index in [0.29, 0.717) is 12.0 Å². The van der Waals surface area contributed by atoms with Gasteiger partial charge in [0.05, 0.1) is 13.7 Å². The highest BCUT2D eigenvalue weighted by Gasteiger charge is 2.14. The van der Waals surface area contributed by atoms with E-state index < -0.39 is 0 Å². The highest BCUT2D eigenvalue weighted by atomic mass is 16.5. The molecule has 0 saturated carbocycles. The first-order valence-electron chi connectivity index (χ1n) is 6.98. The monoisotopic (exact) mass is 265 g/mol. The molecule has 1 aromatic rings. The third kappa shape index (κ3) is 4.84. The van der Waals surface area contributed by atoms with Crippen LogP contribution in [0.3, 0.4) is 0 Å². The van der Waals surface area contributed by atoms with Crippen molar-refractivity contribution in [3.63, 3.8) is 0 Å². The first-order valence-corrected chi connectivity index (χ1v) is 6.98. The fourth-order valence-electron chi connectivity index (χ4n) is 2.20. The molecule has 0 bridgehead atoms. The first-order chi connectivity index (χ1) is 8.97. The quantitative estimate of drug-likeness (QED) is 0.822. The van der Waals surface area contributed by atoms with Crippen LogP contribution in [0.2, 0.25) is 0 Å². The molecule has 0 radical (unpaired) electrons. The number of aliphatic hydroxyl groups is 1. The molecule has 0 amide bonds. The number of hydrogen-bond donors (Lipinski definition) is 1. The van der Waals surface area contributed by atoms with Gasteiger partial charge in [-0.25, -0.2) is 0 Å². The van der Waals surface area contributed by atoms with Crippen LogP contribution in [0.1, 0.15) is 38.8 Å². The van der Waals surface area contributed by atoms with Crippen LogP contribution in [0, 0.1) is 5.92 Å². The summed E-state index contributed by atoms with van der Waals surface area (Å²) in [6.45, 7) is 10.9. The van der Waals surface area contributed by atoms with Gasteiger partial charge >= 0.3 is 0 Å². The van der Waals surface area contributed by atoms with Gasteiger partial charge in [0.2, 0.25) is 0 Å². The molecule has 108 valence electrons. The summed E-state index contributed by atoms with van der Waals surface area (Å²) in [6.07, 6.45) is 0. The molecule has 19 heavy (non-hydrogen) atoms. The Morgan fingerprint density at radius 1 is 1.21 bits per heavy atom. The van der Waals surface area contributed by atoms with E-state index in [1.807, 2.05) is 18.2 Å². The van der Waals surface area contributed by atoms with E-state index >= 15 is 0 Å². The molecule has 1 aromatic carbocycles.